The van der Waals surface area contributed by atoms with Gasteiger partial charge in [-0.25, -0.2) is 4.31 Å². The van der Waals surface area contributed by atoms with Gasteiger partial charge >= 0.3 is 0 Å². The van der Waals surface area contributed by atoms with Crippen LogP contribution in [0.2, 0.25) is 0 Å². The average molecular weight is 132 g/mol. The maximum absolute atomic E-state index is 5.27. The lowest BCUT2D eigenvalue weighted by Gasteiger charge is -2.09. The lowest BCUT2D eigenvalue weighted by Crippen LogP contribution is -2.18. The zero-order valence-corrected chi connectivity index (χ0v) is 5.95. The third kappa shape index (κ3) is 4.18. The van der Waals surface area contributed by atoms with Crippen LogP contribution >= 0.6 is 11.9 Å². The highest BCUT2D eigenvalue weighted by Gasteiger charge is 1.89. The second-order valence-electron chi connectivity index (χ2n) is 1.41. The Morgan fingerprint density at radius 1 is 1.88 bits per heavy atom. The highest BCUT2D eigenvalue weighted by atomic mass is 32.2. The summed E-state index contributed by atoms with van der Waals surface area (Å²) in [6.07, 6.45) is 0. The van der Waals surface area contributed by atoms with Gasteiger partial charge in [-0.1, -0.05) is 18.5 Å². The Morgan fingerprint density at radius 3 is 2.88 bits per heavy atom. The molecule has 0 saturated carbocycles. The topological polar surface area (TPSA) is 29.3 Å². The number of nitrogens with zero attached hydrogens (tertiary/aromatic N) is 1. The van der Waals surface area contributed by atoms with Crippen LogP contribution in [0.15, 0.2) is 12.0 Å². The molecule has 0 aromatic rings. The predicted octanol–water partition coefficient (Wildman–Crippen LogP) is 0.669. The van der Waals surface area contributed by atoms with Crippen molar-refractivity contribution in [3.05, 3.63) is 12.0 Å². The molecule has 0 radical (unpaired) electrons. The van der Waals surface area contributed by atoms with Gasteiger partial charge in [0.15, 0.2) is 0 Å². The van der Waals surface area contributed by atoms with Gasteiger partial charge < -0.3 is 5.73 Å². The van der Waals surface area contributed by atoms with E-state index in [1.165, 1.54) is 0 Å². The van der Waals surface area contributed by atoms with E-state index >= 15 is 0 Å². The molecule has 0 rings (SSSR count). The number of rotatable bonds is 4. The number of hydrogen-bond donors (Lipinski definition) is 1. The van der Waals surface area contributed by atoms with Gasteiger partial charge in [0.1, 0.15) is 0 Å². The summed E-state index contributed by atoms with van der Waals surface area (Å²) in [4.78, 5) is 0. The van der Waals surface area contributed by atoms with Crippen LogP contribution in [0, 0.1) is 0 Å². The highest BCUT2D eigenvalue weighted by Crippen LogP contribution is 2.03. The van der Waals surface area contributed by atoms with E-state index in [1.54, 1.807) is 17.4 Å². The van der Waals surface area contributed by atoms with Crippen LogP contribution in [0.1, 0.15) is 0 Å². The van der Waals surface area contributed by atoms with Gasteiger partial charge in [0.2, 0.25) is 0 Å². The molecule has 0 bridgehead atoms. The largest absolute Gasteiger partial charge is 0.329 e. The minimum atomic E-state index is 0.706. The van der Waals surface area contributed by atoms with Crippen molar-refractivity contribution >= 4 is 11.9 Å². The Bertz CT molecular complexity index is 65.4. The predicted molar refractivity (Wildman–Crippen MR) is 39.5 cm³/mol. The van der Waals surface area contributed by atoms with Crippen molar-refractivity contribution in [1.82, 2.24) is 4.31 Å². The molecule has 2 nitrogen and oxygen atoms in total. The van der Waals surface area contributed by atoms with Crippen LogP contribution in [0.3, 0.4) is 0 Å². The van der Waals surface area contributed by atoms with Crippen LogP contribution in [0.4, 0.5) is 0 Å². The zero-order chi connectivity index (χ0) is 6.41. The van der Waals surface area contributed by atoms with Crippen LogP contribution < -0.4 is 5.73 Å². The molecular formula is C5H12N2S. The Morgan fingerprint density at radius 2 is 2.50 bits per heavy atom. The summed E-state index contributed by atoms with van der Waals surface area (Å²) in [5.74, 6) is 0. The van der Waals surface area contributed by atoms with Gasteiger partial charge in [0.05, 0.1) is 0 Å². The Balaban J connectivity index is 3.03. The molecule has 0 saturated heterocycles. The van der Waals surface area contributed by atoms with Crippen LogP contribution in [-0.4, -0.2) is 24.4 Å². The van der Waals surface area contributed by atoms with Gasteiger partial charge in [0.25, 0.3) is 0 Å². The van der Waals surface area contributed by atoms with E-state index in [0.717, 1.165) is 6.54 Å². The van der Waals surface area contributed by atoms with Crippen molar-refractivity contribution in [1.29, 1.82) is 0 Å². The molecule has 0 amide bonds. The molecule has 0 aromatic heterocycles. The molecule has 0 spiro atoms. The van der Waals surface area contributed by atoms with Gasteiger partial charge in [-0.3, -0.25) is 0 Å². The van der Waals surface area contributed by atoms with Crippen LogP contribution in [0.5, 0.6) is 0 Å². The fourth-order valence-electron chi connectivity index (χ4n) is 0.362. The molecule has 0 unspecified atom stereocenters. The third-order valence-corrected chi connectivity index (χ3v) is 1.39. The summed E-state index contributed by atoms with van der Waals surface area (Å²) < 4.78 is 2.03. The van der Waals surface area contributed by atoms with E-state index < -0.39 is 0 Å². The van der Waals surface area contributed by atoms with Gasteiger partial charge in [0, 0.05) is 13.1 Å². The average Bonchev–Trinajstić information content (AvgIpc) is 1.68. The first-order chi connectivity index (χ1) is 3.81. The minimum Gasteiger partial charge on any atom is -0.329 e. The first kappa shape index (κ1) is 8.01. The fraction of sp³-hybridized carbons (Fsp3) is 0.600. The zero-order valence-electron chi connectivity index (χ0n) is 5.13. The van der Waals surface area contributed by atoms with Crippen molar-refractivity contribution in [3.8, 4) is 0 Å². The summed E-state index contributed by atoms with van der Waals surface area (Å²) in [6.45, 7) is 5.18. The van der Waals surface area contributed by atoms with E-state index in [1.807, 2.05) is 11.4 Å². The molecule has 0 aliphatic heterocycles. The van der Waals surface area contributed by atoms with Crippen molar-refractivity contribution in [2.24, 2.45) is 5.73 Å². The molecule has 3 heteroatoms. The number of hydrogen-bond acceptors (Lipinski definition) is 3. The summed E-state index contributed by atoms with van der Waals surface area (Å²) in [7, 11) is 1.99. The molecule has 0 aromatic carbocycles. The summed E-state index contributed by atoms with van der Waals surface area (Å²) in [6, 6.07) is 0. The maximum atomic E-state index is 5.27. The smallest absolute Gasteiger partial charge is 0.0212 e. The second kappa shape index (κ2) is 5.15. The first-order valence-corrected chi connectivity index (χ1v) is 3.33. The number of likely N-dealkylation sites (N-methyl/N-ethyl adjacent to an activating group) is 1. The standard InChI is InChI=1S/C5H12N2S/c1-3-8-7(2)5-4-6/h3H,1,4-6H2,2H3. The maximum Gasteiger partial charge on any atom is 0.0212 e. The monoisotopic (exact) mass is 132 g/mol. The van der Waals surface area contributed by atoms with E-state index in [9.17, 15) is 0 Å². The first-order valence-electron chi connectivity index (χ1n) is 2.50. The van der Waals surface area contributed by atoms with Gasteiger partial charge in [-0.2, -0.15) is 0 Å². The molecule has 48 valence electrons. The normalized spacial score (nSPS) is 9.88. The summed E-state index contributed by atoms with van der Waals surface area (Å²) in [5.41, 5.74) is 5.27. The molecule has 8 heavy (non-hydrogen) atoms. The SMILES string of the molecule is C=CSN(C)CCN. The van der Waals surface area contributed by atoms with Crippen molar-refractivity contribution in [2.75, 3.05) is 20.1 Å². The molecule has 0 aliphatic rings. The van der Waals surface area contributed by atoms with E-state index in [4.69, 9.17) is 5.73 Å². The quantitative estimate of drug-likeness (QED) is 0.570. The highest BCUT2D eigenvalue weighted by molar-refractivity contribution is 7.99. The van der Waals surface area contributed by atoms with Crippen molar-refractivity contribution in [2.45, 2.75) is 0 Å². The summed E-state index contributed by atoms with van der Waals surface area (Å²) >= 11 is 1.57. The minimum absolute atomic E-state index is 0.706. The number of nitrogens with two attached hydrogens (primary N) is 1. The lowest BCUT2D eigenvalue weighted by molar-refractivity contribution is 0.580. The molecule has 0 heterocycles. The van der Waals surface area contributed by atoms with Crippen LogP contribution in [-0.2, 0) is 0 Å². The van der Waals surface area contributed by atoms with E-state index in [2.05, 4.69) is 6.58 Å². The second-order valence-corrected chi connectivity index (χ2v) is 2.58. The van der Waals surface area contributed by atoms with Gasteiger partial charge in [-0.05, 0) is 12.5 Å². The van der Waals surface area contributed by atoms with E-state index in [-0.39, 0.29) is 0 Å². The molecular weight excluding hydrogens is 120 g/mol. The van der Waals surface area contributed by atoms with Crippen molar-refractivity contribution in [3.63, 3.8) is 0 Å². The summed E-state index contributed by atoms with van der Waals surface area (Å²) in [5, 5.41) is 1.79. The third-order valence-electron chi connectivity index (χ3n) is 0.698. The molecule has 0 aliphatic carbocycles. The molecule has 0 fully saturated rings. The Labute approximate surface area is 54.9 Å². The van der Waals surface area contributed by atoms with Gasteiger partial charge in [-0.15, -0.1) is 0 Å². The molecule has 0 atom stereocenters. The Hall–Kier alpha value is 0.01000. The fourth-order valence-corrected chi connectivity index (χ4v) is 0.827. The van der Waals surface area contributed by atoms with Crippen LogP contribution in [0.25, 0.3) is 0 Å². The molecule has 2 N–H and O–H groups in total. The van der Waals surface area contributed by atoms with E-state index in [0.29, 0.717) is 6.54 Å². The Kier molecular flexibility index (Phi) is 5.16. The van der Waals surface area contributed by atoms with Crippen molar-refractivity contribution < 1.29 is 0 Å². The lowest BCUT2D eigenvalue weighted by atomic mass is 10.7.